The van der Waals surface area contributed by atoms with Crippen LogP contribution in [0.1, 0.15) is 31.2 Å². The Kier molecular flexibility index (Phi) is 7.20. The summed E-state index contributed by atoms with van der Waals surface area (Å²) >= 11 is 0. The van der Waals surface area contributed by atoms with Crippen LogP contribution in [-0.2, 0) is 20.7 Å². The molecule has 2 heterocycles. The molecule has 2 saturated heterocycles. The van der Waals surface area contributed by atoms with Crippen molar-refractivity contribution < 1.29 is 19.1 Å². The van der Waals surface area contributed by atoms with Crippen molar-refractivity contribution in [3.8, 4) is 5.75 Å². The number of likely N-dealkylation sites (tertiary alicyclic amines) is 1. The Bertz CT molecular complexity index is 880. The maximum absolute atomic E-state index is 12.9. The smallest absolute Gasteiger partial charge is 0.229 e. The van der Waals surface area contributed by atoms with Gasteiger partial charge in [-0.3, -0.25) is 9.59 Å². The summed E-state index contributed by atoms with van der Waals surface area (Å²) in [6.07, 6.45) is 4.40. The molecule has 0 bridgehead atoms. The summed E-state index contributed by atoms with van der Waals surface area (Å²) < 4.78 is 11.7. The molecule has 2 fully saturated rings. The summed E-state index contributed by atoms with van der Waals surface area (Å²) in [7, 11) is 0. The van der Waals surface area contributed by atoms with E-state index in [-0.39, 0.29) is 30.3 Å². The molecular weight excluding hydrogens is 392 g/mol. The van der Waals surface area contributed by atoms with Crippen molar-refractivity contribution in [2.45, 2.75) is 38.2 Å². The first-order valence-electron chi connectivity index (χ1n) is 11.1. The highest BCUT2D eigenvalue weighted by Crippen LogP contribution is 2.27. The molecule has 1 N–H and O–H groups in total. The molecular formula is C25H30N2O4. The van der Waals surface area contributed by atoms with Crippen molar-refractivity contribution in [1.82, 2.24) is 4.90 Å². The van der Waals surface area contributed by atoms with Gasteiger partial charge < -0.3 is 19.7 Å². The van der Waals surface area contributed by atoms with Crippen LogP contribution >= 0.6 is 0 Å². The molecule has 2 aromatic rings. The maximum Gasteiger partial charge on any atom is 0.229 e. The first-order valence-corrected chi connectivity index (χ1v) is 11.1. The highest BCUT2D eigenvalue weighted by atomic mass is 16.5. The molecule has 0 radical (unpaired) electrons. The van der Waals surface area contributed by atoms with E-state index < -0.39 is 0 Å². The van der Waals surface area contributed by atoms with Crippen molar-refractivity contribution in [2.24, 2.45) is 5.92 Å². The van der Waals surface area contributed by atoms with Crippen LogP contribution in [0.5, 0.6) is 5.75 Å². The maximum atomic E-state index is 12.9. The molecule has 0 aromatic heterocycles. The summed E-state index contributed by atoms with van der Waals surface area (Å²) in [6, 6.07) is 17.5. The zero-order valence-electron chi connectivity index (χ0n) is 17.8. The van der Waals surface area contributed by atoms with Gasteiger partial charge in [0, 0.05) is 26.1 Å². The molecule has 164 valence electrons. The van der Waals surface area contributed by atoms with Gasteiger partial charge in [0.1, 0.15) is 12.4 Å². The fourth-order valence-electron chi connectivity index (χ4n) is 4.12. The molecule has 6 heteroatoms. The number of hydrogen-bond donors (Lipinski definition) is 1. The van der Waals surface area contributed by atoms with Crippen LogP contribution in [0.4, 0.5) is 5.69 Å². The Balaban J connectivity index is 1.30. The van der Waals surface area contributed by atoms with E-state index in [0.29, 0.717) is 31.1 Å². The van der Waals surface area contributed by atoms with Crippen LogP contribution in [0.25, 0.3) is 0 Å². The van der Waals surface area contributed by atoms with Crippen LogP contribution in [0.2, 0.25) is 0 Å². The van der Waals surface area contributed by atoms with Crippen molar-refractivity contribution >= 4 is 17.5 Å². The normalized spacial score (nSPS) is 21.2. The van der Waals surface area contributed by atoms with E-state index in [4.69, 9.17) is 9.47 Å². The molecule has 31 heavy (non-hydrogen) atoms. The SMILES string of the molecule is O=C(Nc1ccccc1OCC1CCCCO1)C1CC(=O)N(CCc2ccccc2)C1. The number of carbonyl (C=O) groups excluding carboxylic acids is 2. The van der Waals surface area contributed by atoms with Gasteiger partial charge in [0.15, 0.2) is 0 Å². The minimum Gasteiger partial charge on any atom is -0.489 e. The van der Waals surface area contributed by atoms with Gasteiger partial charge in [-0.2, -0.15) is 0 Å². The number of anilines is 1. The molecule has 0 saturated carbocycles. The Morgan fingerprint density at radius 1 is 1.10 bits per heavy atom. The van der Waals surface area contributed by atoms with Crippen LogP contribution in [0, 0.1) is 5.92 Å². The summed E-state index contributed by atoms with van der Waals surface area (Å²) in [5.41, 5.74) is 1.83. The standard InChI is InChI=1S/C25H30N2O4/c28-24-16-20(17-27(24)14-13-19-8-2-1-3-9-19)25(29)26-22-11-4-5-12-23(22)31-18-21-10-6-7-15-30-21/h1-5,8-9,11-12,20-21H,6-7,10,13-18H2,(H,26,29). The fraction of sp³-hybridized carbons (Fsp3) is 0.440. The molecule has 0 spiro atoms. The molecule has 2 amide bonds. The topological polar surface area (TPSA) is 67.9 Å². The van der Waals surface area contributed by atoms with Gasteiger partial charge >= 0.3 is 0 Å². The van der Waals surface area contributed by atoms with E-state index in [2.05, 4.69) is 17.4 Å². The third kappa shape index (κ3) is 5.85. The Labute approximate surface area is 183 Å². The third-order valence-corrected chi connectivity index (χ3v) is 5.94. The van der Waals surface area contributed by atoms with E-state index in [0.717, 1.165) is 32.3 Å². The van der Waals surface area contributed by atoms with Gasteiger partial charge in [-0.1, -0.05) is 42.5 Å². The van der Waals surface area contributed by atoms with Gasteiger partial charge in [0.05, 0.1) is 17.7 Å². The fourth-order valence-corrected chi connectivity index (χ4v) is 4.12. The lowest BCUT2D eigenvalue weighted by Crippen LogP contribution is -2.30. The van der Waals surface area contributed by atoms with Gasteiger partial charge in [-0.05, 0) is 43.4 Å². The Morgan fingerprint density at radius 2 is 1.90 bits per heavy atom. The number of hydrogen-bond acceptors (Lipinski definition) is 4. The van der Waals surface area contributed by atoms with Crippen molar-refractivity contribution in [3.63, 3.8) is 0 Å². The van der Waals surface area contributed by atoms with E-state index in [9.17, 15) is 9.59 Å². The van der Waals surface area contributed by atoms with E-state index in [1.54, 1.807) is 4.90 Å². The quantitative estimate of drug-likeness (QED) is 0.705. The number of carbonyl (C=O) groups is 2. The lowest BCUT2D eigenvalue weighted by Gasteiger charge is -2.23. The second-order valence-corrected chi connectivity index (χ2v) is 8.26. The Morgan fingerprint density at radius 3 is 2.71 bits per heavy atom. The molecule has 6 nitrogen and oxygen atoms in total. The zero-order valence-corrected chi connectivity index (χ0v) is 17.8. The average molecular weight is 423 g/mol. The van der Waals surface area contributed by atoms with Gasteiger partial charge in [-0.15, -0.1) is 0 Å². The number of nitrogens with zero attached hydrogens (tertiary/aromatic N) is 1. The molecule has 2 aromatic carbocycles. The number of nitrogens with one attached hydrogen (secondary N) is 1. The highest BCUT2D eigenvalue weighted by molar-refractivity contribution is 5.98. The minimum absolute atomic E-state index is 0.0371. The molecule has 0 aliphatic carbocycles. The predicted octanol–water partition coefficient (Wildman–Crippen LogP) is 3.66. The molecule has 2 unspecified atom stereocenters. The number of ether oxygens (including phenoxy) is 2. The number of benzene rings is 2. The van der Waals surface area contributed by atoms with E-state index >= 15 is 0 Å². The second-order valence-electron chi connectivity index (χ2n) is 8.26. The summed E-state index contributed by atoms with van der Waals surface area (Å²) in [5, 5.41) is 2.97. The number of rotatable bonds is 8. The van der Waals surface area contributed by atoms with Crippen molar-refractivity contribution in [2.75, 3.05) is 31.6 Å². The molecule has 2 atom stereocenters. The largest absolute Gasteiger partial charge is 0.489 e. The number of para-hydroxylation sites is 2. The summed E-state index contributed by atoms with van der Waals surface area (Å²) in [5.74, 6) is 0.184. The lowest BCUT2D eigenvalue weighted by atomic mass is 10.1. The highest BCUT2D eigenvalue weighted by Gasteiger charge is 2.34. The second kappa shape index (κ2) is 10.4. The predicted molar refractivity (Wildman–Crippen MR) is 119 cm³/mol. The minimum atomic E-state index is -0.349. The first kappa shape index (κ1) is 21.4. The van der Waals surface area contributed by atoms with Gasteiger partial charge in [0.25, 0.3) is 0 Å². The first-order chi connectivity index (χ1) is 15.2. The van der Waals surface area contributed by atoms with Crippen LogP contribution in [0.3, 0.4) is 0 Å². The molecule has 4 rings (SSSR count). The van der Waals surface area contributed by atoms with Crippen LogP contribution in [0.15, 0.2) is 54.6 Å². The van der Waals surface area contributed by atoms with E-state index in [1.807, 2.05) is 42.5 Å². The van der Waals surface area contributed by atoms with Gasteiger partial charge in [-0.25, -0.2) is 0 Å². The Hall–Kier alpha value is -2.86. The van der Waals surface area contributed by atoms with Crippen LogP contribution < -0.4 is 10.1 Å². The monoisotopic (exact) mass is 422 g/mol. The molecule has 2 aliphatic heterocycles. The molecule has 2 aliphatic rings. The summed E-state index contributed by atoms with van der Waals surface area (Å²) in [4.78, 5) is 27.1. The van der Waals surface area contributed by atoms with Crippen LogP contribution in [-0.4, -0.2) is 49.1 Å². The van der Waals surface area contributed by atoms with Crippen molar-refractivity contribution in [1.29, 1.82) is 0 Å². The zero-order chi connectivity index (χ0) is 21.5. The van der Waals surface area contributed by atoms with Crippen molar-refractivity contribution in [3.05, 3.63) is 60.2 Å². The number of amides is 2. The lowest BCUT2D eigenvalue weighted by molar-refractivity contribution is -0.128. The third-order valence-electron chi connectivity index (χ3n) is 5.94. The average Bonchev–Trinajstić information content (AvgIpc) is 3.19. The summed E-state index contributed by atoms with van der Waals surface area (Å²) in [6.45, 7) is 2.34. The van der Waals surface area contributed by atoms with E-state index in [1.165, 1.54) is 5.56 Å². The van der Waals surface area contributed by atoms with Gasteiger partial charge in [0.2, 0.25) is 11.8 Å².